The Bertz CT molecular complexity index is 637. The summed E-state index contributed by atoms with van der Waals surface area (Å²) in [6.45, 7) is 0.184. The summed E-state index contributed by atoms with van der Waals surface area (Å²) in [5, 5.41) is 11.3. The van der Waals surface area contributed by atoms with Crippen molar-refractivity contribution in [3.8, 4) is 11.1 Å². The Balaban J connectivity index is 2.16. The largest absolute Gasteiger partial charge is 0.395 e. The van der Waals surface area contributed by atoms with Gasteiger partial charge in [-0.15, -0.1) is 0 Å². The van der Waals surface area contributed by atoms with Crippen LogP contribution in [0.4, 0.5) is 0 Å². The highest BCUT2D eigenvalue weighted by atomic mass is 32.2. The molecular formula is C15H17NO3S. The maximum absolute atomic E-state index is 12.0. The van der Waals surface area contributed by atoms with Crippen LogP contribution in [0, 0.1) is 0 Å². The van der Waals surface area contributed by atoms with Crippen molar-refractivity contribution in [2.24, 2.45) is 0 Å². The van der Waals surface area contributed by atoms with Crippen molar-refractivity contribution in [2.45, 2.75) is 4.90 Å². The van der Waals surface area contributed by atoms with E-state index in [9.17, 15) is 8.42 Å². The van der Waals surface area contributed by atoms with E-state index in [0.717, 1.165) is 11.1 Å². The second-order valence-electron chi connectivity index (χ2n) is 4.37. The molecule has 4 nitrogen and oxygen atoms in total. The first-order chi connectivity index (χ1) is 9.63. The van der Waals surface area contributed by atoms with Crippen LogP contribution in [0.25, 0.3) is 11.1 Å². The molecular weight excluding hydrogens is 274 g/mol. The first-order valence-corrected chi connectivity index (χ1v) is 7.98. The van der Waals surface area contributed by atoms with E-state index in [2.05, 4.69) is 5.32 Å². The van der Waals surface area contributed by atoms with E-state index in [1.807, 2.05) is 30.3 Å². The fraction of sp³-hybridized carbons (Fsp3) is 0.200. The lowest BCUT2D eigenvalue weighted by molar-refractivity contribution is 0.295. The predicted octanol–water partition coefficient (Wildman–Crippen LogP) is 1.67. The minimum atomic E-state index is -3.35. The molecule has 0 aliphatic carbocycles. The molecule has 2 N–H and O–H groups in total. The fourth-order valence-corrected chi connectivity index (χ4v) is 2.98. The normalized spacial score (nSPS) is 11.4. The number of sulfone groups is 1. The molecule has 2 aromatic carbocycles. The van der Waals surface area contributed by atoms with Gasteiger partial charge >= 0.3 is 0 Å². The predicted molar refractivity (Wildman–Crippen MR) is 79.0 cm³/mol. The molecule has 0 atom stereocenters. The van der Waals surface area contributed by atoms with Gasteiger partial charge in [0.2, 0.25) is 0 Å². The van der Waals surface area contributed by atoms with Gasteiger partial charge in [0, 0.05) is 6.54 Å². The quantitative estimate of drug-likeness (QED) is 0.795. The summed E-state index contributed by atoms with van der Waals surface area (Å²) in [5.74, 6) is -0.168. The Morgan fingerprint density at radius 1 is 0.900 bits per heavy atom. The van der Waals surface area contributed by atoms with E-state index in [1.165, 1.54) is 0 Å². The average molecular weight is 291 g/mol. The van der Waals surface area contributed by atoms with Crippen molar-refractivity contribution in [3.05, 3.63) is 54.6 Å². The summed E-state index contributed by atoms with van der Waals surface area (Å²) in [6.07, 6.45) is 0. The number of hydrogen-bond acceptors (Lipinski definition) is 4. The van der Waals surface area contributed by atoms with E-state index in [0.29, 0.717) is 0 Å². The third-order valence-corrected chi connectivity index (χ3v) is 4.48. The van der Waals surface area contributed by atoms with Gasteiger partial charge in [-0.25, -0.2) is 8.42 Å². The number of rotatable bonds is 6. The molecule has 0 saturated heterocycles. The minimum Gasteiger partial charge on any atom is -0.395 e. The van der Waals surface area contributed by atoms with Gasteiger partial charge in [-0.05, 0) is 23.3 Å². The summed E-state index contributed by atoms with van der Waals surface area (Å²) >= 11 is 0. The third kappa shape index (κ3) is 3.66. The molecule has 2 rings (SSSR count). The number of aliphatic hydroxyl groups excluding tert-OH is 1. The molecule has 0 amide bonds. The number of benzene rings is 2. The number of nitrogens with one attached hydrogen (secondary N) is 1. The maximum atomic E-state index is 12.0. The van der Waals surface area contributed by atoms with Crippen molar-refractivity contribution in [2.75, 3.05) is 19.0 Å². The molecule has 20 heavy (non-hydrogen) atoms. The Hall–Kier alpha value is -1.69. The van der Waals surface area contributed by atoms with Crippen LogP contribution in [0.1, 0.15) is 0 Å². The van der Waals surface area contributed by atoms with E-state index < -0.39 is 9.84 Å². The molecule has 0 fully saturated rings. The second kappa shape index (κ2) is 6.65. The highest BCUT2D eigenvalue weighted by Crippen LogP contribution is 2.21. The summed E-state index contributed by atoms with van der Waals surface area (Å²) in [6, 6.07) is 16.6. The molecule has 5 heteroatoms. The van der Waals surface area contributed by atoms with Gasteiger partial charge in [0.05, 0.1) is 11.5 Å². The smallest absolute Gasteiger partial charge is 0.191 e. The van der Waals surface area contributed by atoms with Crippen molar-refractivity contribution in [1.82, 2.24) is 5.32 Å². The lowest BCUT2D eigenvalue weighted by Crippen LogP contribution is -2.25. The molecule has 0 radical (unpaired) electrons. The fourth-order valence-electron chi connectivity index (χ4n) is 1.85. The average Bonchev–Trinajstić information content (AvgIpc) is 2.48. The molecule has 0 aromatic heterocycles. The zero-order valence-electron chi connectivity index (χ0n) is 11.0. The van der Waals surface area contributed by atoms with E-state index in [1.54, 1.807) is 24.3 Å². The van der Waals surface area contributed by atoms with E-state index in [4.69, 9.17) is 5.11 Å². The molecule has 0 heterocycles. The van der Waals surface area contributed by atoms with Crippen molar-refractivity contribution in [1.29, 1.82) is 0 Å². The zero-order valence-corrected chi connectivity index (χ0v) is 11.8. The van der Waals surface area contributed by atoms with Gasteiger partial charge in [0.1, 0.15) is 5.88 Å². The molecule has 0 aliphatic heterocycles. The van der Waals surface area contributed by atoms with Crippen LogP contribution in [0.3, 0.4) is 0 Å². The minimum absolute atomic E-state index is 0.0809. The van der Waals surface area contributed by atoms with Crippen molar-refractivity contribution < 1.29 is 13.5 Å². The Kier molecular flexibility index (Phi) is 4.89. The molecule has 0 spiro atoms. The van der Waals surface area contributed by atoms with Gasteiger partial charge in [-0.2, -0.15) is 0 Å². The summed E-state index contributed by atoms with van der Waals surface area (Å²) < 4.78 is 24.0. The van der Waals surface area contributed by atoms with Crippen molar-refractivity contribution in [3.63, 3.8) is 0 Å². The Morgan fingerprint density at radius 2 is 1.50 bits per heavy atom. The van der Waals surface area contributed by atoms with Crippen LogP contribution in [0.2, 0.25) is 0 Å². The molecule has 0 bridgehead atoms. The Labute approximate surface area is 119 Å². The van der Waals surface area contributed by atoms with E-state index >= 15 is 0 Å². The van der Waals surface area contributed by atoms with Crippen LogP contribution in [-0.4, -0.2) is 32.6 Å². The summed E-state index contributed by atoms with van der Waals surface area (Å²) in [5.41, 5.74) is 2.03. The third-order valence-electron chi connectivity index (χ3n) is 2.90. The summed E-state index contributed by atoms with van der Waals surface area (Å²) in [7, 11) is -3.35. The standard InChI is InChI=1S/C15H17NO3S/c17-11-10-16-12-20(18,19)15-8-6-14(7-9-15)13-4-2-1-3-5-13/h1-9,16-17H,10-12H2. The van der Waals surface area contributed by atoms with Crippen LogP contribution in [0.15, 0.2) is 59.5 Å². The molecule has 0 aliphatic rings. The number of hydrogen-bond donors (Lipinski definition) is 2. The van der Waals surface area contributed by atoms with Crippen LogP contribution < -0.4 is 5.32 Å². The van der Waals surface area contributed by atoms with Gasteiger partial charge < -0.3 is 10.4 Å². The highest BCUT2D eigenvalue weighted by Gasteiger charge is 2.13. The lowest BCUT2D eigenvalue weighted by atomic mass is 10.1. The van der Waals surface area contributed by atoms with Gasteiger partial charge in [0.15, 0.2) is 9.84 Å². The van der Waals surface area contributed by atoms with E-state index in [-0.39, 0.29) is 23.9 Å². The maximum Gasteiger partial charge on any atom is 0.191 e. The zero-order chi connectivity index (χ0) is 14.4. The van der Waals surface area contributed by atoms with Crippen LogP contribution in [0.5, 0.6) is 0 Å². The molecule has 2 aromatic rings. The van der Waals surface area contributed by atoms with Crippen molar-refractivity contribution >= 4 is 9.84 Å². The van der Waals surface area contributed by atoms with Gasteiger partial charge in [0.25, 0.3) is 0 Å². The van der Waals surface area contributed by atoms with Crippen LogP contribution in [-0.2, 0) is 9.84 Å². The second-order valence-corrected chi connectivity index (χ2v) is 6.36. The first kappa shape index (κ1) is 14.7. The topological polar surface area (TPSA) is 66.4 Å². The summed E-state index contributed by atoms with van der Waals surface area (Å²) in [4.78, 5) is 0.280. The molecule has 0 saturated carbocycles. The highest BCUT2D eigenvalue weighted by molar-refractivity contribution is 7.91. The van der Waals surface area contributed by atoms with Crippen LogP contribution >= 0.6 is 0 Å². The number of aliphatic hydroxyl groups is 1. The SMILES string of the molecule is O=S(=O)(CNCCO)c1ccc(-c2ccccc2)cc1. The van der Waals surface area contributed by atoms with Gasteiger partial charge in [-0.1, -0.05) is 42.5 Å². The molecule has 106 valence electrons. The lowest BCUT2D eigenvalue weighted by Gasteiger charge is -2.07. The molecule has 0 unspecified atom stereocenters. The van der Waals surface area contributed by atoms with Gasteiger partial charge in [-0.3, -0.25) is 0 Å². The Morgan fingerprint density at radius 3 is 2.10 bits per heavy atom. The monoisotopic (exact) mass is 291 g/mol. The first-order valence-electron chi connectivity index (χ1n) is 6.33.